The van der Waals surface area contributed by atoms with Crippen LogP contribution in [0.5, 0.6) is 0 Å². The van der Waals surface area contributed by atoms with E-state index in [-0.39, 0.29) is 0 Å². The molecule has 1 aromatic carbocycles. The molecular formula is C16H25N5. The summed E-state index contributed by atoms with van der Waals surface area (Å²) in [6, 6.07) is 6.16. The minimum Gasteiger partial charge on any atom is -0.399 e. The van der Waals surface area contributed by atoms with E-state index in [4.69, 9.17) is 5.73 Å². The van der Waals surface area contributed by atoms with Gasteiger partial charge in [-0.15, -0.1) is 5.10 Å². The van der Waals surface area contributed by atoms with Crippen LogP contribution in [0.3, 0.4) is 0 Å². The van der Waals surface area contributed by atoms with Gasteiger partial charge >= 0.3 is 0 Å². The van der Waals surface area contributed by atoms with Crippen molar-refractivity contribution in [1.29, 1.82) is 0 Å². The summed E-state index contributed by atoms with van der Waals surface area (Å²) < 4.78 is 1.92. The van der Waals surface area contributed by atoms with Crippen molar-refractivity contribution >= 4 is 5.69 Å². The van der Waals surface area contributed by atoms with Crippen molar-refractivity contribution in [2.45, 2.75) is 58.9 Å². The van der Waals surface area contributed by atoms with Gasteiger partial charge in [-0.05, 0) is 48.4 Å². The Balaban J connectivity index is 2.16. The minimum atomic E-state index is 0.299. The molecule has 0 fully saturated rings. The highest BCUT2D eigenvalue weighted by Crippen LogP contribution is 2.26. The number of nitrogen functional groups attached to an aromatic ring is 1. The first-order valence-electron chi connectivity index (χ1n) is 7.77. The van der Waals surface area contributed by atoms with Crippen molar-refractivity contribution in [3.63, 3.8) is 0 Å². The van der Waals surface area contributed by atoms with E-state index in [0.717, 1.165) is 29.1 Å². The molecule has 1 unspecified atom stereocenters. The van der Waals surface area contributed by atoms with Crippen molar-refractivity contribution in [2.75, 3.05) is 5.73 Å². The van der Waals surface area contributed by atoms with Gasteiger partial charge in [-0.25, -0.2) is 4.68 Å². The van der Waals surface area contributed by atoms with Gasteiger partial charge < -0.3 is 5.73 Å². The fourth-order valence-corrected chi connectivity index (χ4v) is 2.54. The molecule has 21 heavy (non-hydrogen) atoms. The molecule has 2 N–H and O–H groups in total. The molecule has 0 spiro atoms. The number of nitrogens with zero attached hydrogens (tertiary/aromatic N) is 4. The van der Waals surface area contributed by atoms with Crippen LogP contribution in [-0.4, -0.2) is 20.2 Å². The van der Waals surface area contributed by atoms with Gasteiger partial charge in [0.1, 0.15) is 0 Å². The van der Waals surface area contributed by atoms with Gasteiger partial charge in [0.15, 0.2) is 5.82 Å². The number of unbranched alkanes of at least 4 members (excludes halogenated alkanes) is 3. The lowest BCUT2D eigenvalue weighted by Crippen LogP contribution is -2.10. The fraction of sp³-hybridized carbons (Fsp3) is 0.562. The zero-order valence-corrected chi connectivity index (χ0v) is 13.2. The maximum atomic E-state index is 5.90. The van der Waals surface area contributed by atoms with Crippen molar-refractivity contribution in [3.8, 4) is 11.4 Å². The van der Waals surface area contributed by atoms with Crippen LogP contribution in [0.25, 0.3) is 11.4 Å². The predicted octanol–water partition coefficient (Wildman–Crippen LogP) is 3.76. The van der Waals surface area contributed by atoms with E-state index in [9.17, 15) is 0 Å². The Morgan fingerprint density at radius 3 is 2.81 bits per heavy atom. The number of anilines is 1. The zero-order chi connectivity index (χ0) is 15.2. The monoisotopic (exact) mass is 287 g/mol. The third-order valence-electron chi connectivity index (χ3n) is 3.89. The quantitative estimate of drug-likeness (QED) is 0.621. The third-order valence-corrected chi connectivity index (χ3v) is 3.89. The Morgan fingerprint density at radius 1 is 1.24 bits per heavy atom. The number of benzene rings is 1. The Labute approximate surface area is 126 Å². The van der Waals surface area contributed by atoms with Crippen LogP contribution in [0.15, 0.2) is 18.2 Å². The Bertz CT molecular complexity index is 576. The van der Waals surface area contributed by atoms with Crippen LogP contribution in [0.4, 0.5) is 5.69 Å². The molecule has 1 heterocycles. The van der Waals surface area contributed by atoms with E-state index in [1.165, 1.54) is 25.7 Å². The standard InChI is InChI=1S/C16H25N5/c1-4-5-6-7-8-13(3)21-16(18-19-20-21)15-11-14(17)10-9-12(15)2/h9-11,13H,4-8,17H2,1-3H3. The summed E-state index contributed by atoms with van der Waals surface area (Å²) >= 11 is 0. The molecule has 0 saturated carbocycles. The molecule has 1 aromatic heterocycles. The summed E-state index contributed by atoms with van der Waals surface area (Å²) in [5.74, 6) is 0.808. The Kier molecular flexibility index (Phi) is 5.31. The summed E-state index contributed by atoms with van der Waals surface area (Å²) in [6.45, 7) is 6.46. The van der Waals surface area contributed by atoms with Crippen molar-refractivity contribution < 1.29 is 0 Å². The van der Waals surface area contributed by atoms with Crippen molar-refractivity contribution in [1.82, 2.24) is 20.2 Å². The molecule has 5 nitrogen and oxygen atoms in total. The second-order valence-electron chi connectivity index (χ2n) is 5.72. The summed E-state index contributed by atoms with van der Waals surface area (Å²) in [6.07, 6.45) is 6.13. The lowest BCUT2D eigenvalue weighted by atomic mass is 10.1. The molecule has 0 aliphatic heterocycles. The summed E-state index contributed by atoms with van der Waals surface area (Å²) in [5.41, 5.74) is 8.78. The normalized spacial score (nSPS) is 12.5. The van der Waals surface area contributed by atoms with Crippen LogP contribution >= 0.6 is 0 Å². The maximum absolute atomic E-state index is 5.90. The van der Waals surface area contributed by atoms with Gasteiger partial charge in [0.2, 0.25) is 0 Å². The number of nitrogens with two attached hydrogens (primary N) is 1. The molecule has 2 rings (SSSR count). The molecule has 5 heteroatoms. The molecule has 0 aliphatic carbocycles. The fourth-order valence-electron chi connectivity index (χ4n) is 2.54. The lowest BCUT2D eigenvalue weighted by molar-refractivity contribution is 0.430. The summed E-state index contributed by atoms with van der Waals surface area (Å²) in [7, 11) is 0. The van der Waals surface area contributed by atoms with Gasteiger partial charge in [0.25, 0.3) is 0 Å². The van der Waals surface area contributed by atoms with E-state index in [0.29, 0.717) is 6.04 Å². The summed E-state index contributed by atoms with van der Waals surface area (Å²) in [4.78, 5) is 0. The number of hydrogen-bond acceptors (Lipinski definition) is 4. The zero-order valence-electron chi connectivity index (χ0n) is 13.2. The minimum absolute atomic E-state index is 0.299. The Hall–Kier alpha value is -1.91. The molecule has 0 amide bonds. The van der Waals surface area contributed by atoms with E-state index in [1.54, 1.807) is 0 Å². The van der Waals surface area contributed by atoms with Crippen molar-refractivity contribution in [3.05, 3.63) is 23.8 Å². The first-order valence-corrected chi connectivity index (χ1v) is 7.77. The van der Waals surface area contributed by atoms with Gasteiger partial charge in [0, 0.05) is 11.3 Å². The largest absolute Gasteiger partial charge is 0.399 e. The smallest absolute Gasteiger partial charge is 0.182 e. The third kappa shape index (κ3) is 3.80. The van der Waals surface area contributed by atoms with E-state index >= 15 is 0 Å². The van der Waals surface area contributed by atoms with Crippen LogP contribution in [0, 0.1) is 6.92 Å². The molecule has 0 aliphatic rings. The number of aromatic nitrogens is 4. The van der Waals surface area contributed by atoms with Crippen LogP contribution in [0.2, 0.25) is 0 Å². The van der Waals surface area contributed by atoms with Gasteiger partial charge in [-0.2, -0.15) is 0 Å². The van der Waals surface area contributed by atoms with E-state index in [2.05, 4.69) is 36.3 Å². The second-order valence-corrected chi connectivity index (χ2v) is 5.72. The first-order chi connectivity index (χ1) is 10.1. The maximum Gasteiger partial charge on any atom is 0.182 e. The molecule has 2 aromatic rings. The number of hydrogen-bond donors (Lipinski definition) is 1. The number of rotatable bonds is 7. The van der Waals surface area contributed by atoms with Gasteiger partial charge in [0.05, 0.1) is 6.04 Å². The molecule has 0 saturated heterocycles. The molecule has 0 bridgehead atoms. The van der Waals surface area contributed by atoms with Crippen LogP contribution < -0.4 is 5.73 Å². The molecule has 1 atom stereocenters. The highest BCUT2D eigenvalue weighted by Gasteiger charge is 2.16. The average Bonchev–Trinajstić information content (AvgIpc) is 2.95. The lowest BCUT2D eigenvalue weighted by Gasteiger charge is -2.14. The van der Waals surface area contributed by atoms with Crippen LogP contribution in [-0.2, 0) is 0 Å². The van der Waals surface area contributed by atoms with E-state index < -0.39 is 0 Å². The highest BCUT2D eigenvalue weighted by atomic mass is 15.5. The van der Waals surface area contributed by atoms with Gasteiger partial charge in [-0.1, -0.05) is 38.7 Å². The van der Waals surface area contributed by atoms with Crippen LogP contribution in [0.1, 0.15) is 57.6 Å². The predicted molar refractivity (Wildman–Crippen MR) is 85.9 cm³/mol. The van der Waals surface area contributed by atoms with Crippen molar-refractivity contribution in [2.24, 2.45) is 0 Å². The second kappa shape index (κ2) is 7.20. The number of tetrazole rings is 1. The molecule has 0 radical (unpaired) electrons. The highest BCUT2D eigenvalue weighted by molar-refractivity contribution is 5.65. The topological polar surface area (TPSA) is 69.6 Å². The molecule has 114 valence electrons. The SMILES string of the molecule is CCCCCCC(C)n1nnnc1-c1cc(N)ccc1C. The first kappa shape index (κ1) is 15.5. The molecular weight excluding hydrogens is 262 g/mol. The van der Waals surface area contributed by atoms with E-state index in [1.807, 2.05) is 22.9 Å². The van der Waals surface area contributed by atoms with Gasteiger partial charge in [-0.3, -0.25) is 0 Å². The average molecular weight is 287 g/mol. The Morgan fingerprint density at radius 2 is 2.05 bits per heavy atom. The number of aryl methyl sites for hydroxylation is 1. The summed E-state index contributed by atoms with van der Waals surface area (Å²) in [5, 5.41) is 12.2.